The molecule has 2 aliphatic heterocycles. The molecule has 1 saturated carbocycles. The fraction of sp³-hybridized carbons (Fsp3) is 0.682. The highest BCUT2D eigenvalue weighted by Crippen LogP contribution is 2.24. The van der Waals surface area contributed by atoms with Crippen molar-refractivity contribution in [1.82, 2.24) is 20.0 Å². The van der Waals surface area contributed by atoms with E-state index in [2.05, 4.69) is 50.3 Å². The molecule has 5 nitrogen and oxygen atoms in total. The molecule has 1 atom stereocenters. The summed E-state index contributed by atoms with van der Waals surface area (Å²) in [7, 11) is 0. The van der Waals surface area contributed by atoms with Crippen LogP contribution in [0.15, 0.2) is 30.3 Å². The Balaban J connectivity index is 1.22. The van der Waals surface area contributed by atoms with Crippen molar-refractivity contribution >= 4 is 6.03 Å². The Morgan fingerprint density at radius 1 is 0.926 bits per heavy atom. The predicted octanol–water partition coefficient (Wildman–Crippen LogP) is 2.92. The van der Waals surface area contributed by atoms with E-state index in [1.807, 2.05) is 0 Å². The first-order valence-electron chi connectivity index (χ1n) is 10.8. The van der Waals surface area contributed by atoms with E-state index < -0.39 is 0 Å². The van der Waals surface area contributed by atoms with Gasteiger partial charge in [0.1, 0.15) is 0 Å². The van der Waals surface area contributed by atoms with Crippen LogP contribution in [-0.2, 0) is 6.54 Å². The van der Waals surface area contributed by atoms with Crippen LogP contribution in [0.2, 0.25) is 0 Å². The van der Waals surface area contributed by atoms with Gasteiger partial charge in [-0.25, -0.2) is 4.79 Å². The zero-order chi connectivity index (χ0) is 18.5. The first kappa shape index (κ1) is 18.8. The van der Waals surface area contributed by atoms with Crippen LogP contribution in [0, 0.1) is 0 Å². The SMILES string of the molecule is O=C(N[C@H]1CCN(Cc2ccccc2)C1)N1CCCN(C2CCCC2)CC1. The Morgan fingerprint density at radius 2 is 1.74 bits per heavy atom. The Kier molecular flexibility index (Phi) is 6.30. The molecule has 1 aromatic carbocycles. The highest BCUT2D eigenvalue weighted by molar-refractivity contribution is 5.74. The van der Waals surface area contributed by atoms with E-state index in [0.29, 0.717) is 0 Å². The van der Waals surface area contributed by atoms with Crippen molar-refractivity contribution in [3.63, 3.8) is 0 Å². The summed E-state index contributed by atoms with van der Waals surface area (Å²) in [5, 5.41) is 3.30. The number of urea groups is 1. The summed E-state index contributed by atoms with van der Waals surface area (Å²) in [6, 6.07) is 11.8. The van der Waals surface area contributed by atoms with Gasteiger partial charge in [-0.3, -0.25) is 9.80 Å². The van der Waals surface area contributed by atoms with Gasteiger partial charge in [-0.2, -0.15) is 0 Å². The van der Waals surface area contributed by atoms with Gasteiger partial charge in [-0.05, 0) is 31.2 Å². The van der Waals surface area contributed by atoms with Gasteiger partial charge >= 0.3 is 6.03 Å². The molecule has 2 heterocycles. The van der Waals surface area contributed by atoms with Crippen LogP contribution in [0.5, 0.6) is 0 Å². The number of likely N-dealkylation sites (tertiary alicyclic amines) is 1. The van der Waals surface area contributed by atoms with Crippen molar-refractivity contribution in [2.24, 2.45) is 0 Å². The van der Waals surface area contributed by atoms with Crippen molar-refractivity contribution < 1.29 is 4.79 Å². The Bertz CT molecular complexity index is 602. The van der Waals surface area contributed by atoms with Gasteiger partial charge in [0.25, 0.3) is 0 Å². The van der Waals surface area contributed by atoms with Gasteiger partial charge in [-0.1, -0.05) is 43.2 Å². The van der Waals surface area contributed by atoms with Crippen LogP contribution in [0.3, 0.4) is 0 Å². The second kappa shape index (κ2) is 9.07. The molecule has 0 bridgehead atoms. The molecule has 5 heteroatoms. The Hall–Kier alpha value is -1.59. The number of nitrogens with zero attached hydrogens (tertiary/aromatic N) is 3. The number of rotatable bonds is 4. The lowest BCUT2D eigenvalue weighted by atomic mass is 10.2. The fourth-order valence-electron chi connectivity index (χ4n) is 4.98. The highest BCUT2D eigenvalue weighted by Gasteiger charge is 2.28. The van der Waals surface area contributed by atoms with Crippen LogP contribution in [0.1, 0.15) is 44.1 Å². The number of hydrogen-bond donors (Lipinski definition) is 1. The Morgan fingerprint density at radius 3 is 2.56 bits per heavy atom. The molecule has 0 aromatic heterocycles. The molecular formula is C22H34N4O. The van der Waals surface area contributed by atoms with E-state index in [9.17, 15) is 4.79 Å². The Labute approximate surface area is 163 Å². The third-order valence-corrected chi connectivity index (χ3v) is 6.51. The molecule has 0 spiro atoms. The molecule has 3 aliphatic rings. The average Bonchev–Trinajstić information content (AvgIpc) is 3.30. The molecule has 4 rings (SSSR count). The molecule has 2 saturated heterocycles. The van der Waals surface area contributed by atoms with Gasteiger partial charge in [0.2, 0.25) is 0 Å². The highest BCUT2D eigenvalue weighted by atomic mass is 16.2. The molecule has 1 aromatic rings. The average molecular weight is 371 g/mol. The van der Waals surface area contributed by atoms with Crippen LogP contribution < -0.4 is 5.32 Å². The number of benzene rings is 1. The molecule has 1 N–H and O–H groups in total. The van der Waals surface area contributed by atoms with Gasteiger partial charge in [0, 0.05) is 57.9 Å². The third kappa shape index (κ3) is 5.02. The van der Waals surface area contributed by atoms with Crippen LogP contribution in [0.4, 0.5) is 4.79 Å². The predicted molar refractivity (Wildman–Crippen MR) is 109 cm³/mol. The summed E-state index contributed by atoms with van der Waals surface area (Å²) >= 11 is 0. The first-order chi connectivity index (χ1) is 13.3. The minimum atomic E-state index is 0.148. The summed E-state index contributed by atoms with van der Waals surface area (Å²) < 4.78 is 0. The maximum atomic E-state index is 12.8. The lowest BCUT2D eigenvalue weighted by Crippen LogP contribution is -2.47. The van der Waals surface area contributed by atoms with E-state index in [1.165, 1.54) is 31.2 Å². The molecule has 1 aliphatic carbocycles. The molecule has 3 fully saturated rings. The normalized spacial score (nSPS) is 25.6. The number of carbonyl (C=O) groups is 1. The van der Waals surface area contributed by atoms with Crippen LogP contribution >= 0.6 is 0 Å². The van der Waals surface area contributed by atoms with Gasteiger partial charge < -0.3 is 10.2 Å². The summed E-state index contributed by atoms with van der Waals surface area (Å²) in [6.07, 6.45) is 7.63. The minimum Gasteiger partial charge on any atom is -0.334 e. The van der Waals surface area contributed by atoms with E-state index >= 15 is 0 Å². The van der Waals surface area contributed by atoms with Crippen molar-refractivity contribution in [3.8, 4) is 0 Å². The molecular weight excluding hydrogens is 336 g/mol. The van der Waals surface area contributed by atoms with Gasteiger partial charge in [-0.15, -0.1) is 0 Å². The zero-order valence-corrected chi connectivity index (χ0v) is 16.5. The topological polar surface area (TPSA) is 38.8 Å². The van der Waals surface area contributed by atoms with Gasteiger partial charge in [0.15, 0.2) is 0 Å². The van der Waals surface area contributed by atoms with Gasteiger partial charge in [0.05, 0.1) is 0 Å². The second-order valence-corrected chi connectivity index (χ2v) is 8.47. The number of amides is 2. The lowest BCUT2D eigenvalue weighted by molar-refractivity contribution is 0.185. The summed E-state index contributed by atoms with van der Waals surface area (Å²) in [5.74, 6) is 0. The maximum Gasteiger partial charge on any atom is 0.317 e. The minimum absolute atomic E-state index is 0.148. The summed E-state index contributed by atoms with van der Waals surface area (Å²) in [4.78, 5) is 19.9. The molecule has 2 amide bonds. The van der Waals surface area contributed by atoms with Crippen molar-refractivity contribution in [2.75, 3.05) is 39.3 Å². The second-order valence-electron chi connectivity index (χ2n) is 8.47. The molecule has 27 heavy (non-hydrogen) atoms. The first-order valence-corrected chi connectivity index (χ1v) is 10.8. The summed E-state index contributed by atoms with van der Waals surface area (Å²) in [5.41, 5.74) is 1.35. The van der Waals surface area contributed by atoms with Crippen LogP contribution in [-0.4, -0.2) is 72.1 Å². The number of hydrogen-bond acceptors (Lipinski definition) is 3. The number of nitrogens with one attached hydrogen (secondary N) is 1. The van der Waals surface area contributed by atoms with E-state index in [1.54, 1.807) is 0 Å². The third-order valence-electron chi connectivity index (χ3n) is 6.51. The van der Waals surface area contributed by atoms with Crippen LogP contribution in [0.25, 0.3) is 0 Å². The molecule has 0 unspecified atom stereocenters. The standard InChI is InChI=1S/C22H34N4O/c27-22(26-13-6-12-25(15-16-26)21-9-4-5-10-21)23-20-11-14-24(18-20)17-19-7-2-1-3-8-19/h1-3,7-8,20-21H,4-6,9-18H2,(H,23,27)/t20-/m0/s1. The lowest BCUT2D eigenvalue weighted by Gasteiger charge is -2.27. The van der Waals surface area contributed by atoms with E-state index in [4.69, 9.17) is 0 Å². The van der Waals surface area contributed by atoms with E-state index in [-0.39, 0.29) is 12.1 Å². The maximum absolute atomic E-state index is 12.8. The largest absolute Gasteiger partial charge is 0.334 e. The van der Waals surface area contributed by atoms with Crippen molar-refractivity contribution in [3.05, 3.63) is 35.9 Å². The fourth-order valence-corrected chi connectivity index (χ4v) is 4.98. The summed E-state index contributed by atoms with van der Waals surface area (Å²) in [6.45, 7) is 6.98. The quantitative estimate of drug-likeness (QED) is 0.886. The van der Waals surface area contributed by atoms with Crippen molar-refractivity contribution in [2.45, 2.75) is 57.2 Å². The van der Waals surface area contributed by atoms with Crippen molar-refractivity contribution in [1.29, 1.82) is 0 Å². The number of carbonyl (C=O) groups excluding carboxylic acids is 1. The zero-order valence-electron chi connectivity index (χ0n) is 16.5. The smallest absolute Gasteiger partial charge is 0.317 e. The van der Waals surface area contributed by atoms with E-state index in [0.717, 1.165) is 64.7 Å². The molecule has 0 radical (unpaired) electrons. The monoisotopic (exact) mass is 370 g/mol. The molecule has 148 valence electrons.